The van der Waals surface area contributed by atoms with Crippen molar-refractivity contribution in [3.63, 3.8) is 0 Å². The van der Waals surface area contributed by atoms with Gasteiger partial charge in [-0.25, -0.2) is 0 Å². The summed E-state index contributed by atoms with van der Waals surface area (Å²) in [6.07, 6.45) is 1.14. The van der Waals surface area contributed by atoms with Gasteiger partial charge in [0.2, 0.25) is 0 Å². The van der Waals surface area contributed by atoms with Crippen LogP contribution in [0, 0.1) is 5.41 Å². The van der Waals surface area contributed by atoms with E-state index in [9.17, 15) is 0 Å². The Balaban J connectivity index is 3.19. The Morgan fingerprint density at radius 2 is 2.20 bits per heavy atom. The summed E-state index contributed by atoms with van der Waals surface area (Å²) in [5, 5.41) is 16.1. The Morgan fingerprint density at radius 3 is 2.70 bits per heavy atom. The first-order valence-corrected chi connectivity index (χ1v) is 3.11. The molecule has 52 valence electrons. The molecule has 0 aliphatic rings. The highest BCUT2D eigenvalue weighted by Gasteiger charge is 1.96. The quantitative estimate of drug-likeness (QED) is 0.599. The van der Waals surface area contributed by atoms with Crippen molar-refractivity contribution >= 4 is 17.8 Å². The third kappa shape index (κ3) is 1.28. The SMILES string of the molecule is N=Cc1ccc(O)cc1Cl. The van der Waals surface area contributed by atoms with Crippen molar-refractivity contribution in [2.24, 2.45) is 0 Å². The lowest BCUT2D eigenvalue weighted by molar-refractivity contribution is 0.475. The Hall–Kier alpha value is -1.02. The lowest BCUT2D eigenvalue weighted by Gasteiger charge is -1.95. The molecule has 0 spiro atoms. The van der Waals surface area contributed by atoms with Gasteiger partial charge in [0.1, 0.15) is 5.75 Å². The highest BCUT2D eigenvalue weighted by Crippen LogP contribution is 2.19. The highest BCUT2D eigenvalue weighted by atomic mass is 35.5. The zero-order valence-corrected chi connectivity index (χ0v) is 5.89. The van der Waals surface area contributed by atoms with Crippen LogP contribution in [-0.2, 0) is 0 Å². The molecule has 3 heteroatoms. The minimum absolute atomic E-state index is 0.121. The predicted octanol–water partition coefficient (Wildman–Crippen LogP) is 2.04. The van der Waals surface area contributed by atoms with Gasteiger partial charge in [-0.05, 0) is 18.2 Å². The average molecular weight is 156 g/mol. The van der Waals surface area contributed by atoms with Crippen molar-refractivity contribution in [3.05, 3.63) is 28.8 Å². The molecule has 0 fully saturated rings. The van der Waals surface area contributed by atoms with Crippen LogP contribution in [0.5, 0.6) is 5.75 Å². The first kappa shape index (κ1) is 7.09. The molecule has 0 saturated carbocycles. The summed E-state index contributed by atoms with van der Waals surface area (Å²) in [6.45, 7) is 0. The van der Waals surface area contributed by atoms with Gasteiger partial charge < -0.3 is 10.5 Å². The number of phenolic OH excluding ortho intramolecular Hbond substituents is 1. The minimum atomic E-state index is 0.121. The van der Waals surface area contributed by atoms with Crippen LogP contribution in [0.25, 0.3) is 0 Å². The van der Waals surface area contributed by atoms with E-state index in [1.807, 2.05) is 0 Å². The molecule has 1 rings (SSSR count). The Kier molecular flexibility index (Phi) is 1.92. The van der Waals surface area contributed by atoms with Gasteiger partial charge in [0.05, 0.1) is 5.02 Å². The molecule has 0 heterocycles. The first-order valence-electron chi connectivity index (χ1n) is 2.73. The Labute approximate surface area is 63.6 Å². The average Bonchev–Trinajstić information content (AvgIpc) is 1.88. The molecule has 10 heavy (non-hydrogen) atoms. The lowest BCUT2D eigenvalue weighted by atomic mass is 10.2. The lowest BCUT2D eigenvalue weighted by Crippen LogP contribution is -1.79. The smallest absolute Gasteiger partial charge is 0.117 e. The predicted molar refractivity (Wildman–Crippen MR) is 41.0 cm³/mol. The second kappa shape index (κ2) is 2.71. The van der Waals surface area contributed by atoms with Gasteiger partial charge in [0.25, 0.3) is 0 Å². The van der Waals surface area contributed by atoms with Crippen LogP contribution in [-0.4, -0.2) is 11.3 Å². The highest BCUT2D eigenvalue weighted by molar-refractivity contribution is 6.33. The van der Waals surface area contributed by atoms with Crippen LogP contribution in [0.2, 0.25) is 5.02 Å². The van der Waals surface area contributed by atoms with Crippen molar-refractivity contribution in [1.82, 2.24) is 0 Å². The van der Waals surface area contributed by atoms with Crippen molar-refractivity contribution < 1.29 is 5.11 Å². The van der Waals surface area contributed by atoms with E-state index in [4.69, 9.17) is 22.1 Å². The standard InChI is InChI=1S/C7H6ClNO/c8-7-3-6(10)2-1-5(7)4-9/h1-4,9-10H. The number of phenols is 1. The molecule has 1 aromatic rings. The monoisotopic (exact) mass is 155 g/mol. The van der Waals surface area contributed by atoms with Crippen molar-refractivity contribution in [3.8, 4) is 5.75 Å². The molecular formula is C7H6ClNO. The molecule has 0 atom stereocenters. The molecule has 2 nitrogen and oxygen atoms in total. The van der Waals surface area contributed by atoms with Crippen LogP contribution < -0.4 is 0 Å². The van der Waals surface area contributed by atoms with Crippen LogP contribution in [0.3, 0.4) is 0 Å². The molecule has 0 aliphatic heterocycles. The van der Waals surface area contributed by atoms with Crippen LogP contribution in [0.4, 0.5) is 0 Å². The van der Waals surface area contributed by atoms with Gasteiger partial charge in [-0.3, -0.25) is 0 Å². The fourth-order valence-corrected chi connectivity index (χ4v) is 0.862. The van der Waals surface area contributed by atoms with Gasteiger partial charge in [-0.1, -0.05) is 11.6 Å². The number of rotatable bonds is 1. The minimum Gasteiger partial charge on any atom is -0.508 e. The van der Waals surface area contributed by atoms with E-state index in [-0.39, 0.29) is 5.75 Å². The maximum Gasteiger partial charge on any atom is 0.117 e. The number of benzene rings is 1. The zero-order valence-electron chi connectivity index (χ0n) is 5.13. The summed E-state index contributed by atoms with van der Waals surface area (Å²) in [5.74, 6) is 0.121. The van der Waals surface area contributed by atoms with Gasteiger partial charge in [-0.15, -0.1) is 0 Å². The summed E-state index contributed by atoms with van der Waals surface area (Å²) in [7, 11) is 0. The molecule has 1 aromatic carbocycles. The fraction of sp³-hybridized carbons (Fsp3) is 0. The summed E-state index contributed by atoms with van der Waals surface area (Å²) >= 11 is 5.62. The normalized spacial score (nSPS) is 9.30. The third-order valence-corrected chi connectivity index (χ3v) is 1.47. The summed E-state index contributed by atoms with van der Waals surface area (Å²) < 4.78 is 0. The van der Waals surface area contributed by atoms with E-state index in [1.54, 1.807) is 6.07 Å². The number of hydrogen-bond acceptors (Lipinski definition) is 2. The molecule has 0 aromatic heterocycles. The summed E-state index contributed by atoms with van der Waals surface area (Å²) in [4.78, 5) is 0. The number of nitrogens with one attached hydrogen (secondary N) is 1. The van der Waals surface area contributed by atoms with Crippen molar-refractivity contribution in [1.29, 1.82) is 5.41 Å². The fourth-order valence-electron chi connectivity index (χ4n) is 0.633. The van der Waals surface area contributed by atoms with Crippen molar-refractivity contribution in [2.75, 3.05) is 0 Å². The van der Waals surface area contributed by atoms with Gasteiger partial charge in [0, 0.05) is 11.8 Å². The maximum absolute atomic E-state index is 8.87. The van der Waals surface area contributed by atoms with E-state index in [2.05, 4.69) is 0 Å². The molecule has 0 saturated heterocycles. The van der Waals surface area contributed by atoms with Gasteiger partial charge >= 0.3 is 0 Å². The van der Waals surface area contributed by atoms with Crippen LogP contribution in [0.15, 0.2) is 18.2 Å². The number of halogens is 1. The largest absolute Gasteiger partial charge is 0.508 e. The van der Waals surface area contributed by atoms with E-state index in [0.717, 1.165) is 6.21 Å². The van der Waals surface area contributed by atoms with E-state index < -0.39 is 0 Å². The Bertz CT molecular complexity index is 260. The second-order valence-electron chi connectivity index (χ2n) is 1.85. The second-order valence-corrected chi connectivity index (χ2v) is 2.26. The van der Waals surface area contributed by atoms with Crippen LogP contribution in [0.1, 0.15) is 5.56 Å². The first-order chi connectivity index (χ1) is 4.74. The molecule has 0 unspecified atom stereocenters. The zero-order chi connectivity index (χ0) is 7.56. The summed E-state index contributed by atoms with van der Waals surface area (Å²) in [5.41, 5.74) is 0.611. The molecule has 0 bridgehead atoms. The molecule has 0 aliphatic carbocycles. The third-order valence-electron chi connectivity index (χ3n) is 1.14. The molecule has 0 amide bonds. The van der Waals surface area contributed by atoms with Crippen molar-refractivity contribution in [2.45, 2.75) is 0 Å². The van der Waals surface area contributed by atoms with E-state index in [0.29, 0.717) is 10.6 Å². The molecule has 0 radical (unpaired) electrons. The van der Waals surface area contributed by atoms with Gasteiger partial charge in [-0.2, -0.15) is 0 Å². The number of aromatic hydroxyl groups is 1. The maximum atomic E-state index is 8.87. The summed E-state index contributed by atoms with van der Waals surface area (Å²) in [6, 6.07) is 4.48. The van der Waals surface area contributed by atoms with E-state index >= 15 is 0 Å². The topological polar surface area (TPSA) is 44.1 Å². The number of hydrogen-bond donors (Lipinski definition) is 2. The molecule has 2 N–H and O–H groups in total. The van der Waals surface area contributed by atoms with E-state index in [1.165, 1.54) is 12.1 Å². The Morgan fingerprint density at radius 1 is 1.50 bits per heavy atom. The van der Waals surface area contributed by atoms with Gasteiger partial charge in [0.15, 0.2) is 0 Å². The van der Waals surface area contributed by atoms with Crippen LogP contribution >= 0.6 is 11.6 Å². The molecular weight excluding hydrogens is 150 g/mol.